The van der Waals surface area contributed by atoms with E-state index >= 15 is 0 Å². The van der Waals surface area contributed by atoms with E-state index in [1.807, 2.05) is 6.07 Å². The maximum absolute atomic E-state index is 11.8. The first-order chi connectivity index (χ1) is 8.72. The number of nitrogens with two attached hydrogens (primary N) is 1. The molecule has 0 aliphatic carbocycles. The van der Waals surface area contributed by atoms with E-state index in [1.165, 1.54) is 4.90 Å². The molecule has 0 radical (unpaired) electrons. The van der Waals surface area contributed by atoms with Gasteiger partial charge in [-0.2, -0.15) is 0 Å². The van der Waals surface area contributed by atoms with Gasteiger partial charge in [-0.25, -0.2) is 0 Å². The van der Waals surface area contributed by atoms with Crippen molar-refractivity contribution < 1.29 is 9.59 Å². The van der Waals surface area contributed by atoms with Crippen LogP contribution in [0.15, 0.2) is 24.3 Å². The molecule has 0 unspecified atom stereocenters. The second-order valence-electron chi connectivity index (χ2n) is 4.03. The smallest absolute Gasteiger partial charge is 0.233 e. The lowest BCUT2D eigenvalue weighted by molar-refractivity contribution is -0.129. The van der Waals surface area contributed by atoms with Gasteiger partial charge in [-0.05, 0) is 24.6 Å². The van der Waals surface area contributed by atoms with Crippen LogP contribution in [-0.4, -0.2) is 18.4 Å². The number of carbonyl (C=O) groups excluding carboxylic acids is 2. The first-order valence-corrected chi connectivity index (χ1v) is 5.87. The number of carbonyl (C=O) groups is 2. The minimum Gasteiger partial charge on any atom is -0.320 e. The van der Waals surface area contributed by atoms with Gasteiger partial charge in [0.05, 0.1) is 12.2 Å². The van der Waals surface area contributed by atoms with Gasteiger partial charge < -0.3 is 5.73 Å². The lowest BCUT2D eigenvalue weighted by Crippen LogP contribution is -2.40. The molecule has 1 aromatic rings. The molecule has 18 heavy (non-hydrogen) atoms. The third kappa shape index (κ3) is 2.58. The first-order valence-electron chi connectivity index (χ1n) is 5.87. The number of anilines is 1. The Bertz CT molecular complexity index is 524. The molecule has 92 valence electrons. The van der Waals surface area contributed by atoms with Crippen molar-refractivity contribution in [1.82, 2.24) is 0 Å². The molecule has 0 spiro atoms. The summed E-state index contributed by atoms with van der Waals surface area (Å²) in [5.74, 6) is 5.35. The minimum absolute atomic E-state index is 0.143. The van der Waals surface area contributed by atoms with Crippen LogP contribution in [-0.2, 0) is 9.59 Å². The molecule has 1 aliphatic rings. The lowest BCUT2D eigenvalue weighted by Gasteiger charge is -2.24. The lowest BCUT2D eigenvalue weighted by atomic mass is 10.1. The zero-order valence-electron chi connectivity index (χ0n) is 9.98. The SMILES string of the molecule is NCC#Cc1cccc(N2C(=O)CCCC2=O)c1. The van der Waals surface area contributed by atoms with Crippen molar-refractivity contribution in [2.75, 3.05) is 11.4 Å². The number of hydrogen-bond acceptors (Lipinski definition) is 3. The summed E-state index contributed by atoms with van der Waals surface area (Å²) in [5.41, 5.74) is 6.65. The van der Waals surface area contributed by atoms with Crippen molar-refractivity contribution in [2.24, 2.45) is 5.73 Å². The summed E-state index contributed by atoms with van der Waals surface area (Å²) in [5, 5.41) is 0. The van der Waals surface area contributed by atoms with E-state index in [1.54, 1.807) is 18.2 Å². The standard InChI is InChI=1S/C14H14N2O2/c15-9-3-5-11-4-1-6-12(10-11)16-13(17)7-2-8-14(16)18/h1,4,6,10H,2,7-9,15H2. The normalized spacial score (nSPS) is 15.3. The summed E-state index contributed by atoms with van der Waals surface area (Å²) >= 11 is 0. The van der Waals surface area contributed by atoms with Crippen LogP contribution in [0.1, 0.15) is 24.8 Å². The average molecular weight is 242 g/mol. The van der Waals surface area contributed by atoms with Crippen molar-refractivity contribution in [3.8, 4) is 11.8 Å². The Balaban J connectivity index is 2.32. The second kappa shape index (κ2) is 5.48. The highest BCUT2D eigenvalue weighted by atomic mass is 16.2. The molecule has 1 aromatic carbocycles. The van der Waals surface area contributed by atoms with Crippen LogP contribution in [0.3, 0.4) is 0 Å². The summed E-state index contributed by atoms with van der Waals surface area (Å²) < 4.78 is 0. The fourth-order valence-corrected chi connectivity index (χ4v) is 1.92. The first kappa shape index (κ1) is 12.3. The van der Waals surface area contributed by atoms with Gasteiger partial charge in [0.2, 0.25) is 11.8 Å². The average Bonchev–Trinajstić information content (AvgIpc) is 2.37. The van der Waals surface area contributed by atoms with Crippen LogP contribution in [0, 0.1) is 11.8 Å². The van der Waals surface area contributed by atoms with Gasteiger partial charge >= 0.3 is 0 Å². The molecular weight excluding hydrogens is 228 g/mol. The molecule has 1 fully saturated rings. The molecule has 0 aromatic heterocycles. The summed E-state index contributed by atoms with van der Waals surface area (Å²) in [4.78, 5) is 24.8. The molecule has 1 aliphatic heterocycles. The number of rotatable bonds is 1. The van der Waals surface area contributed by atoms with E-state index < -0.39 is 0 Å². The van der Waals surface area contributed by atoms with Crippen molar-refractivity contribution in [3.63, 3.8) is 0 Å². The Morgan fingerprint density at radius 1 is 1.22 bits per heavy atom. The maximum Gasteiger partial charge on any atom is 0.233 e. The molecule has 2 amide bonds. The zero-order chi connectivity index (χ0) is 13.0. The monoisotopic (exact) mass is 242 g/mol. The number of imide groups is 1. The third-order valence-electron chi connectivity index (χ3n) is 2.72. The second-order valence-corrected chi connectivity index (χ2v) is 4.03. The Morgan fingerprint density at radius 3 is 2.61 bits per heavy atom. The number of hydrogen-bond donors (Lipinski definition) is 1. The van der Waals surface area contributed by atoms with Crippen molar-refractivity contribution in [3.05, 3.63) is 29.8 Å². The quantitative estimate of drug-likeness (QED) is 0.591. The van der Waals surface area contributed by atoms with Crippen molar-refractivity contribution >= 4 is 17.5 Å². The third-order valence-corrected chi connectivity index (χ3v) is 2.72. The molecule has 1 heterocycles. The molecule has 2 N–H and O–H groups in total. The van der Waals surface area contributed by atoms with Crippen molar-refractivity contribution in [2.45, 2.75) is 19.3 Å². The number of amides is 2. The Kier molecular flexibility index (Phi) is 3.75. The topological polar surface area (TPSA) is 63.4 Å². The Hall–Kier alpha value is -2.12. The number of nitrogens with zero attached hydrogens (tertiary/aromatic N) is 1. The Labute approximate surface area is 106 Å². The van der Waals surface area contributed by atoms with Gasteiger partial charge in [0.15, 0.2) is 0 Å². The van der Waals surface area contributed by atoms with Gasteiger partial charge in [0, 0.05) is 18.4 Å². The van der Waals surface area contributed by atoms with Gasteiger partial charge in [0.25, 0.3) is 0 Å². The van der Waals surface area contributed by atoms with E-state index in [4.69, 9.17) is 5.73 Å². The molecule has 4 nitrogen and oxygen atoms in total. The number of benzene rings is 1. The molecule has 2 rings (SSSR count). The molecular formula is C14H14N2O2. The zero-order valence-corrected chi connectivity index (χ0v) is 9.98. The molecule has 0 saturated carbocycles. The fraction of sp³-hybridized carbons (Fsp3) is 0.286. The van der Waals surface area contributed by atoms with E-state index in [0.29, 0.717) is 24.9 Å². The van der Waals surface area contributed by atoms with Crippen LogP contribution in [0.4, 0.5) is 5.69 Å². The van der Waals surface area contributed by atoms with Crippen LogP contribution < -0.4 is 10.6 Å². The molecule has 4 heteroatoms. The van der Waals surface area contributed by atoms with Gasteiger partial charge in [0.1, 0.15) is 0 Å². The Morgan fingerprint density at radius 2 is 1.94 bits per heavy atom. The summed E-state index contributed by atoms with van der Waals surface area (Å²) in [6.07, 6.45) is 1.48. The van der Waals surface area contributed by atoms with Crippen LogP contribution in [0.25, 0.3) is 0 Å². The molecule has 0 atom stereocenters. The van der Waals surface area contributed by atoms with Gasteiger partial charge in [-0.3, -0.25) is 14.5 Å². The summed E-state index contributed by atoms with van der Waals surface area (Å²) in [6.45, 7) is 0.284. The molecule has 0 bridgehead atoms. The number of piperidine rings is 1. The maximum atomic E-state index is 11.8. The summed E-state index contributed by atoms with van der Waals surface area (Å²) in [6, 6.07) is 7.09. The molecule has 1 saturated heterocycles. The predicted octanol–water partition coefficient (Wildman–Crippen LogP) is 1.04. The van der Waals surface area contributed by atoms with Crippen molar-refractivity contribution in [1.29, 1.82) is 0 Å². The minimum atomic E-state index is -0.143. The van der Waals surface area contributed by atoms with Crippen LogP contribution in [0.5, 0.6) is 0 Å². The predicted molar refractivity (Wildman–Crippen MR) is 68.7 cm³/mol. The highest BCUT2D eigenvalue weighted by molar-refractivity contribution is 6.16. The van der Waals surface area contributed by atoms with Gasteiger partial charge in [-0.15, -0.1) is 0 Å². The highest BCUT2D eigenvalue weighted by Crippen LogP contribution is 2.22. The highest BCUT2D eigenvalue weighted by Gasteiger charge is 2.27. The largest absolute Gasteiger partial charge is 0.320 e. The van der Waals surface area contributed by atoms with Crippen LogP contribution >= 0.6 is 0 Å². The van der Waals surface area contributed by atoms with E-state index in [-0.39, 0.29) is 18.4 Å². The van der Waals surface area contributed by atoms with Gasteiger partial charge in [-0.1, -0.05) is 17.9 Å². The van der Waals surface area contributed by atoms with E-state index in [2.05, 4.69) is 11.8 Å². The van der Waals surface area contributed by atoms with E-state index in [9.17, 15) is 9.59 Å². The van der Waals surface area contributed by atoms with Crippen LogP contribution in [0.2, 0.25) is 0 Å². The summed E-state index contributed by atoms with van der Waals surface area (Å²) in [7, 11) is 0. The van der Waals surface area contributed by atoms with E-state index in [0.717, 1.165) is 5.56 Å². The fourth-order valence-electron chi connectivity index (χ4n) is 1.92.